The topological polar surface area (TPSA) is 62.3 Å². The smallest absolute Gasteiger partial charge is 0.268 e. The van der Waals surface area contributed by atoms with Crippen LogP contribution in [0.1, 0.15) is 18.5 Å². The van der Waals surface area contributed by atoms with E-state index in [4.69, 9.17) is 0 Å². The van der Waals surface area contributed by atoms with Gasteiger partial charge in [0.25, 0.3) is 0 Å². The molecule has 0 saturated carbocycles. The Labute approximate surface area is 106 Å². The second-order valence-corrected chi connectivity index (χ2v) is 6.13. The molecule has 0 saturated heterocycles. The molecule has 0 aliphatic carbocycles. The SMILES string of the molecule is CC1c2ccc3cccnc3c2NS(=O)(=O)N1C. The number of hydrogen-bond acceptors (Lipinski definition) is 3. The largest absolute Gasteiger partial charge is 0.302 e. The van der Waals surface area contributed by atoms with Crippen molar-refractivity contribution in [2.75, 3.05) is 11.8 Å². The molecule has 18 heavy (non-hydrogen) atoms. The summed E-state index contributed by atoms with van der Waals surface area (Å²) in [6, 6.07) is 7.46. The molecule has 1 atom stereocenters. The molecular weight excluding hydrogens is 250 g/mol. The summed E-state index contributed by atoms with van der Waals surface area (Å²) in [6.45, 7) is 1.87. The summed E-state index contributed by atoms with van der Waals surface area (Å²) in [4.78, 5) is 4.27. The lowest BCUT2D eigenvalue weighted by Crippen LogP contribution is -2.39. The fourth-order valence-electron chi connectivity index (χ4n) is 2.22. The minimum absolute atomic E-state index is 0.197. The predicted octanol–water partition coefficient (Wildman–Crippen LogP) is 1.90. The molecule has 1 aliphatic rings. The average molecular weight is 263 g/mol. The van der Waals surface area contributed by atoms with Crippen molar-refractivity contribution in [2.45, 2.75) is 13.0 Å². The zero-order valence-corrected chi connectivity index (χ0v) is 10.9. The number of fused-ring (bicyclic) bond motifs is 3. The molecule has 5 nitrogen and oxygen atoms in total. The van der Waals surface area contributed by atoms with Crippen molar-refractivity contribution in [3.63, 3.8) is 0 Å². The second-order valence-electron chi connectivity index (χ2n) is 4.40. The number of hydrogen-bond donors (Lipinski definition) is 1. The van der Waals surface area contributed by atoms with E-state index in [-0.39, 0.29) is 6.04 Å². The van der Waals surface area contributed by atoms with Gasteiger partial charge in [-0.2, -0.15) is 12.7 Å². The molecule has 1 aromatic heterocycles. The Morgan fingerprint density at radius 2 is 2.11 bits per heavy atom. The molecule has 94 valence electrons. The van der Waals surface area contributed by atoms with E-state index >= 15 is 0 Å². The van der Waals surface area contributed by atoms with Gasteiger partial charge in [0.15, 0.2) is 0 Å². The van der Waals surface area contributed by atoms with Gasteiger partial charge in [-0.1, -0.05) is 18.2 Å². The Bertz CT molecular complexity index is 727. The van der Waals surface area contributed by atoms with Gasteiger partial charge < -0.3 is 0 Å². The van der Waals surface area contributed by atoms with Gasteiger partial charge in [-0.25, -0.2) is 0 Å². The molecule has 3 rings (SSSR count). The Hall–Kier alpha value is -1.66. The summed E-state index contributed by atoms with van der Waals surface area (Å²) >= 11 is 0. The Morgan fingerprint density at radius 3 is 2.89 bits per heavy atom. The number of nitrogens with one attached hydrogen (secondary N) is 1. The van der Waals surface area contributed by atoms with E-state index in [0.717, 1.165) is 10.9 Å². The molecule has 1 aromatic carbocycles. The van der Waals surface area contributed by atoms with Crippen LogP contribution in [0.25, 0.3) is 10.9 Å². The van der Waals surface area contributed by atoms with Gasteiger partial charge in [0.2, 0.25) is 0 Å². The van der Waals surface area contributed by atoms with Gasteiger partial charge in [-0.15, -0.1) is 0 Å². The van der Waals surface area contributed by atoms with Crippen LogP contribution in [-0.2, 0) is 10.2 Å². The van der Waals surface area contributed by atoms with E-state index in [9.17, 15) is 8.42 Å². The lowest BCUT2D eigenvalue weighted by molar-refractivity contribution is 0.397. The third kappa shape index (κ3) is 1.49. The summed E-state index contributed by atoms with van der Waals surface area (Å²) in [5.41, 5.74) is 2.23. The highest BCUT2D eigenvalue weighted by Gasteiger charge is 2.33. The molecule has 6 heteroatoms. The van der Waals surface area contributed by atoms with Crippen molar-refractivity contribution in [1.82, 2.24) is 9.29 Å². The maximum atomic E-state index is 12.0. The molecule has 0 amide bonds. The van der Waals surface area contributed by atoms with Crippen molar-refractivity contribution in [2.24, 2.45) is 0 Å². The molecule has 2 heterocycles. The molecule has 0 fully saturated rings. The van der Waals surface area contributed by atoms with E-state index in [0.29, 0.717) is 11.2 Å². The number of benzene rings is 1. The average Bonchev–Trinajstić information content (AvgIpc) is 2.36. The van der Waals surface area contributed by atoms with Crippen LogP contribution < -0.4 is 4.72 Å². The third-order valence-electron chi connectivity index (χ3n) is 3.41. The van der Waals surface area contributed by atoms with Gasteiger partial charge >= 0.3 is 10.2 Å². The van der Waals surface area contributed by atoms with Crippen LogP contribution in [0, 0.1) is 0 Å². The van der Waals surface area contributed by atoms with Crippen LogP contribution in [0.4, 0.5) is 5.69 Å². The van der Waals surface area contributed by atoms with Crippen LogP contribution in [-0.4, -0.2) is 24.8 Å². The van der Waals surface area contributed by atoms with Crippen molar-refractivity contribution in [1.29, 1.82) is 0 Å². The molecule has 0 bridgehead atoms. The van der Waals surface area contributed by atoms with Gasteiger partial charge in [-0.3, -0.25) is 9.71 Å². The number of aromatic nitrogens is 1. The standard InChI is InChI=1S/C12H13N3O2S/c1-8-10-6-5-9-4-3-7-13-11(9)12(10)14-18(16,17)15(8)2/h3-8,14H,1-2H3. The minimum atomic E-state index is -3.47. The normalized spacial score (nSPS) is 22.4. The molecule has 0 spiro atoms. The van der Waals surface area contributed by atoms with Crippen molar-refractivity contribution >= 4 is 26.8 Å². The zero-order chi connectivity index (χ0) is 12.9. The highest BCUT2D eigenvalue weighted by molar-refractivity contribution is 7.90. The summed E-state index contributed by atoms with van der Waals surface area (Å²) in [7, 11) is -1.90. The first-order chi connectivity index (χ1) is 8.50. The molecule has 1 N–H and O–H groups in total. The fraction of sp³-hybridized carbons (Fsp3) is 0.250. The van der Waals surface area contributed by atoms with Gasteiger partial charge in [-0.05, 0) is 18.6 Å². The zero-order valence-electron chi connectivity index (χ0n) is 10.1. The van der Waals surface area contributed by atoms with Crippen molar-refractivity contribution in [3.8, 4) is 0 Å². The van der Waals surface area contributed by atoms with E-state index in [1.54, 1.807) is 13.2 Å². The summed E-state index contributed by atoms with van der Waals surface area (Å²) < 4.78 is 27.9. The van der Waals surface area contributed by atoms with Crippen LogP contribution in [0.3, 0.4) is 0 Å². The molecule has 0 radical (unpaired) electrons. The van der Waals surface area contributed by atoms with Gasteiger partial charge in [0.05, 0.1) is 17.2 Å². The summed E-state index contributed by atoms with van der Waals surface area (Å²) in [5, 5.41) is 0.927. The molecule has 1 unspecified atom stereocenters. The monoisotopic (exact) mass is 263 g/mol. The highest BCUT2D eigenvalue weighted by atomic mass is 32.2. The lowest BCUT2D eigenvalue weighted by Gasteiger charge is -2.32. The van der Waals surface area contributed by atoms with Gasteiger partial charge in [0, 0.05) is 18.6 Å². The Balaban J connectivity index is 2.35. The van der Waals surface area contributed by atoms with E-state index in [1.165, 1.54) is 4.31 Å². The fourth-order valence-corrected chi connectivity index (χ4v) is 3.37. The van der Waals surface area contributed by atoms with E-state index < -0.39 is 10.2 Å². The third-order valence-corrected chi connectivity index (χ3v) is 4.95. The number of nitrogens with zero attached hydrogens (tertiary/aromatic N) is 2. The Morgan fingerprint density at radius 1 is 1.33 bits per heavy atom. The maximum absolute atomic E-state index is 12.0. The molecular formula is C12H13N3O2S. The maximum Gasteiger partial charge on any atom is 0.302 e. The van der Waals surface area contributed by atoms with Crippen molar-refractivity contribution in [3.05, 3.63) is 36.0 Å². The van der Waals surface area contributed by atoms with E-state index in [1.807, 2.05) is 31.2 Å². The van der Waals surface area contributed by atoms with Crippen LogP contribution >= 0.6 is 0 Å². The minimum Gasteiger partial charge on any atom is -0.268 e. The van der Waals surface area contributed by atoms with Crippen LogP contribution in [0.2, 0.25) is 0 Å². The molecule has 2 aromatic rings. The van der Waals surface area contributed by atoms with E-state index in [2.05, 4.69) is 9.71 Å². The van der Waals surface area contributed by atoms with Gasteiger partial charge in [0.1, 0.15) is 0 Å². The van der Waals surface area contributed by atoms with Crippen LogP contribution in [0.15, 0.2) is 30.5 Å². The first kappa shape index (κ1) is 11.4. The predicted molar refractivity (Wildman–Crippen MR) is 70.5 cm³/mol. The van der Waals surface area contributed by atoms with Crippen molar-refractivity contribution < 1.29 is 8.42 Å². The summed E-state index contributed by atoms with van der Waals surface area (Å²) in [6.07, 6.45) is 1.67. The number of pyridine rings is 1. The molecule has 1 aliphatic heterocycles. The first-order valence-electron chi connectivity index (χ1n) is 5.64. The first-order valence-corrected chi connectivity index (χ1v) is 7.08. The quantitative estimate of drug-likeness (QED) is 0.789. The number of anilines is 1. The summed E-state index contributed by atoms with van der Waals surface area (Å²) in [5.74, 6) is 0. The second kappa shape index (κ2) is 3.66. The lowest BCUT2D eigenvalue weighted by atomic mass is 10.0. The number of rotatable bonds is 0. The Kier molecular flexibility index (Phi) is 2.33. The highest BCUT2D eigenvalue weighted by Crippen LogP contribution is 2.37. The van der Waals surface area contributed by atoms with Crippen LogP contribution in [0.5, 0.6) is 0 Å².